The summed E-state index contributed by atoms with van der Waals surface area (Å²) in [7, 11) is 0. The van der Waals surface area contributed by atoms with Crippen LogP contribution >= 0.6 is 15.9 Å². The number of nitrogens with zero attached hydrogens (tertiary/aromatic N) is 3. The Balaban J connectivity index is 2.14. The second kappa shape index (κ2) is 5.51. The van der Waals surface area contributed by atoms with Gasteiger partial charge in [0.15, 0.2) is 0 Å². The van der Waals surface area contributed by atoms with Gasteiger partial charge in [-0.25, -0.2) is 9.78 Å². The fourth-order valence-electron chi connectivity index (χ4n) is 2.87. The Labute approximate surface area is 144 Å². The lowest BCUT2D eigenvalue weighted by molar-refractivity contribution is 0.0576. The molecular weight excluding hydrogens is 358 g/mol. The average molecular weight is 380 g/mol. The number of carbonyl (C=O) groups excluding carboxylic acids is 1. The molecular formula is C17H22BrN3O2. The highest BCUT2D eigenvalue weighted by Gasteiger charge is 2.31. The van der Waals surface area contributed by atoms with Crippen LogP contribution in [-0.2, 0) is 11.2 Å². The number of pyridine rings is 1. The number of aromatic nitrogens is 2. The second-order valence-corrected chi connectivity index (χ2v) is 7.89. The van der Waals surface area contributed by atoms with Crippen molar-refractivity contribution in [3.63, 3.8) is 0 Å². The van der Waals surface area contributed by atoms with Crippen molar-refractivity contribution in [1.82, 2.24) is 9.38 Å². The predicted molar refractivity (Wildman–Crippen MR) is 94.3 cm³/mol. The van der Waals surface area contributed by atoms with Crippen molar-refractivity contribution in [2.24, 2.45) is 0 Å². The molecule has 1 amide bonds. The number of anilines is 1. The lowest BCUT2D eigenvalue weighted by Crippen LogP contribution is -2.40. The zero-order valence-corrected chi connectivity index (χ0v) is 15.8. The molecule has 1 aliphatic heterocycles. The third kappa shape index (κ3) is 2.84. The number of rotatable bonds is 0. The monoisotopic (exact) mass is 379 g/mol. The number of ether oxygens (including phenoxy) is 1. The zero-order valence-electron chi connectivity index (χ0n) is 14.2. The van der Waals surface area contributed by atoms with Gasteiger partial charge in [0.25, 0.3) is 0 Å². The summed E-state index contributed by atoms with van der Waals surface area (Å²) in [5.41, 5.74) is 3.65. The third-order valence-electron chi connectivity index (χ3n) is 4.12. The van der Waals surface area contributed by atoms with E-state index in [0.717, 1.165) is 40.0 Å². The van der Waals surface area contributed by atoms with Crippen LogP contribution in [0.5, 0.6) is 0 Å². The molecule has 2 aromatic rings. The topological polar surface area (TPSA) is 46.8 Å². The highest BCUT2D eigenvalue weighted by Crippen LogP contribution is 2.33. The normalized spacial score (nSPS) is 15.0. The molecule has 0 bridgehead atoms. The number of hydrogen-bond donors (Lipinski definition) is 0. The minimum Gasteiger partial charge on any atom is -0.443 e. The maximum atomic E-state index is 12.6. The Morgan fingerprint density at radius 1 is 1.30 bits per heavy atom. The Hall–Kier alpha value is -1.56. The summed E-state index contributed by atoms with van der Waals surface area (Å²) >= 11 is 3.60. The van der Waals surface area contributed by atoms with E-state index in [1.807, 2.05) is 31.4 Å². The lowest BCUT2D eigenvalue weighted by atomic mass is 10.1. The Kier molecular flexibility index (Phi) is 3.91. The van der Waals surface area contributed by atoms with E-state index in [2.05, 4.69) is 29.8 Å². The molecule has 0 aliphatic carbocycles. The molecule has 0 saturated heterocycles. The third-order valence-corrected chi connectivity index (χ3v) is 4.92. The standard InChI is InChI=1S/C17H22BrN3O2/c1-10-11(2)14-19-13-7-6-8-20(16(22)23-17(3,4)5)15(13)21(14)9-12(10)18/h9H,6-8H2,1-5H3. The van der Waals surface area contributed by atoms with E-state index >= 15 is 0 Å². The average Bonchev–Trinajstić information content (AvgIpc) is 2.82. The molecule has 0 atom stereocenters. The van der Waals surface area contributed by atoms with E-state index in [1.165, 1.54) is 5.56 Å². The first-order valence-corrected chi connectivity index (χ1v) is 8.65. The smallest absolute Gasteiger partial charge is 0.416 e. The van der Waals surface area contributed by atoms with Crippen molar-refractivity contribution in [1.29, 1.82) is 0 Å². The highest BCUT2D eigenvalue weighted by molar-refractivity contribution is 9.10. The van der Waals surface area contributed by atoms with Crippen LogP contribution in [0, 0.1) is 13.8 Å². The number of carbonyl (C=O) groups is 1. The SMILES string of the molecule is Cc1c(Br)cn2c3c(nc2c1C)CCCN3C(=O)OC(C)(C)C. The Bertz CT molecular complexity index is 789. The number of halogens is 1. The second-order valence-electron chi connectivity index (χ2n) is 7.04. The van der Waals surface area contributed by atoms with Gasteiger partial charge < -0.3 is 4.74 Å². The number of amides is 1. The van der Waals surface area contributed by atoms with Crippen LogP contribution in [0.25, 0.3) is 5.65 Å². The molecule has 0 saturated carbocycles. The molecule has 3 rings (SSSR count). The van der Waals surface area contributed by atoms with Gasteiger partial charge in [0.2, 0.25) is 0 Å². The maximum Gasteiger partial charge on any atom is 0.416 e. The molecule has 2 aromatic heterocycles. The van der Waals surface area contributed by atoms with E-state index in [-0.39, 0.29) is 6.09 Å². The van der Waals surface area contributed by atoms with E-state index in [1.54, 1.807) is 4.90 Å². The van der Waals surface area contributed by atoms with Gasteiger partial charge >= 0.3 is 6.09 Å². The van der Waals surface area contributed by atoms with Crippen molar-refractivity contribution >= 4 is 33.5 Å². The summed E-state index contributed by atoms with van der Waals surface area (Å²) < 4.78 is 8.59. The summed E-state index contributed by atoms with van der Waals surface area (Å²) in [5, 5.41) is 0. The Morgan fingerprint density at radius 2 is 2.00 bits per heavy atom. The van der Waals surface area contributed by atoms with E-state index in [4.69, 9.17) is 9.72 Å². The number of aryl methyl sites for hydroxylation is 2. The van der Waals surface area contributed by atoms with Gasteiger partial charge in [0, 0.05) is 17.2 Å². The predicted octanol–water partition coefficient (Wildman–Crippen LogP) is 4.40. The number of hydrogen-bond acceptors (Lipinski definition) is 3. The summed E-state index contributed by atoms with van der Waals surface area (Å²) in [6.07, 6.45) is 3.46. The van der Waals surface area contributed by atoms with Crippen molar-refractivity contribution < 1.29 is 9.53 Å². The fourth-order valence-corrected chi connectivity index (χ4v) is 3.38. The number of fused-ring (bicyclic) bond motifs is 3. The van der Waals surface area contributed by atoms with Gasteiger partial charge in [-0.2, -0.15) is 0 Å². The van der Waals surface area contributed by atoms with Crippen LogP contribution in [0.3, 0.4) is 0 Å². The molecule has 0 N–H and O–H groups in total. The minimum atomic E-state index is -0.512. The van der Waals surface area contributed by atoms with Crippen molar-refractivity contribution in [2.45, 2.75) is 53.1 Å². The van der Waals surface area contributed by atoms with Gasteiger partial charge in [0.05, 0.1) is 5.69 Å². The molecule has 3 heterocycles. The van der Waals surface area contributed by atoms with Gasteiger partial charge in [-0.05, 0) is 74.5 Å². The highest BCUT2D eigenvalue weighted by atomic mass is 79.9. The van der Waals surface area contributed by atoms with E-state index < -0.39 is 5.60 Å². The largest absolute Gasteiger partial charge is 0.443 e. The Morgan fingerprint density at radius 3 is 2.65 bits per heavy atom. The van der Waals surface area contributed by atoms with Gasteiger partial charge in [0.1, 0.15) is 17.1 Å². The van der Waals surface area contributed by atoms with Crippen LogP contribution in [0.15, 0.2) is 10.7 Å². The van der Waals surface area contributed by atoms with E-state index in [0.29, 0.717) is 6.54 Å². The quantitative estimate of drug-likeness (QED) is 0.681. The van der Waals surface area contributed by atoms with Crippen LogP contribution < -0.4 is 4.90 Å². The van der Waals surface area contributed by atoms with Gasteiger partial charge in [-0.15, -0.1) is 0 Å². The fraction of sp³-hybridized carbons (Fsp3) is 0.529. The summed E-state index contributed by atoms with van der Waals surface area (Å²) in [6, 6.07) is 0. The molecule has 0 fully saturated rings. The van der Waals surface area contributed by atoms with Crippen LogP contribution in [-0.4, -0.2) is 27.6 Å². The molecule has 124 valence electrons. The molecule has 1 aliphatic rings. The first-order valence-electron chi connectivity index (χ1n) is 7.86. The molecule has 0 unspecified atom stereocenters. The van der Waals surface area contributed by atoms with E-state index in [9.17, 15) is 4.79 Å². The van der Waals surface area contributed by atoms with Gasteiger partial charge in [-0.3, -0.25) is 9.30 Å². The first kappa shape index (κ1) is 16.3. The van der Waals surface area contributed by atoms with Crippen molar-refractivity contribution in [3.8, 4) is 0 Å². The summed E-state index contributed by atoms with van der Waals surface area (Å²) in [5.74, 6) is 0.837. The van der Waals surface area contributed by atoms with Gasteiger partial charge in [-0.1, -0.05) is 0 Å². The molecule has 0 radical (unpaired) electrons. The molecule has 0 spiro atoms. The summed E-state index contributed by atoms with van der Waals surface area (Å²) in [6.45, 7) is 10.4. The molecule has 0 aromatic carbocycles. The minimum absolute atomic E-state index is 0.311. The zero-order chi connectivity index (χ0) is 16.9. The van der Waals surface area contributed by atoms with Crippen molar-refractivity contribution in [2.75, 3.05) is 11.4 Å². The van der Waals surface area contributed by atoms with Crippen LogP contribution in [0.2, 0.25) is 0 Å². The first-order chi connectivity index (χ1) is 10.7. The molecule has 23 heavy (non-hydrogen) atoms. The van der Waals surface area contributed by atoms with Crippen molar-refractivity contribution in [3.05, 3.63) is 27.5 Å². The summed E-state index contributed by atoms with van der Waals surface area (Å²) in [4.78, 5) is 19.1. The molecule has 6 heteroatoms. The van der Waals surface area contributed by atoms with Crippen LogP contribution in [0.4, 0.5) is 10.6 Å². The maximum absolute atomic E-state index is 12.6. The van der Waals surface area contributed by atoms with Crippen LogP contribution in [0.1, 0.15) is 44.0 Å². The number of imidazole rings is 1. The molecule has 5 nitrogen and oxygen atoms in total. The lowest BCUT2D eigenvalue weighted by Gasteiger charge is -2.29.